The second-order valence-corrected chi connectivity index (χ2v) is 5.41. The lowest BCUT2D eigenvalue weighted by Gasteiger charge is -2.08. The second-order valence-electron chi connectivity index (χ2n) is 4.65. The molecule has 0 amide bonds. The first-order valence-electron chi connectivity index (χ1n) is 6.66. The van der Waals surface area contributed by atoms with Crippen molar-refractivity contribution < 1.29 is 4.74 Å². The van der Waals surface area contributed by atoms with E-state index in [1.165, 1.54) is 41.9 Å². The van der Waals surface area contributed by atoms with Gasteiger partial charge in [-0.25, -0.2) is 0 Å². The van der Waals surface area contributed by atoms with E-state index < -0.39 is 0 Å². The largest absolute Gasteiger partial charge is 0.487 e. The number of benzene rings is 1. The van der Waals surface area contributed by atoms with Gasteiger partial charge in [-0.2, -0.15) is 0 Å². The highest BCUT2D eigenvalue weighted by atomic mass is 32.1. The summed E-state index contributed by atoms with van der Waals surface area (Å²) in [6.45, 7) is 3.40. The first-order chi connectivity index (χ1) is 9.36. The lowest BCUT2D eigenvalue weighted by atomic mass is 10.1. The predicted octanol–water partition coefficient (Wildman–Crippen LogP) is 3.04. The molecule has 19 heavy (non-hydrogen) atoms. The van der Waals surface area contributed by atoms with Crippen LogP contribution in [0.15, 0.2) is 18.2 Å². The molecule has 4 nitrogen and oxygen atoms in total. The molecule has 0 aliphatic heterocycles. The molecular formula is C14H17N3OS. The van der Waals surface area contributed by atoms with Gasteiger partial charge in [0, 0.05) is 18.1 Å². The summed E-state index contributed by atoms with van der Waals surface area (Å²) in [7, 11) is 0. The highest BCUT2D eigenvalue weighted by Crippen LogP contribution is 2.27. The van der Waals surface area contributed by atoms with Crippen LogP contribution in [0, 0.1) is 0 Å². The molecule has 1 aromatic heterocycles. The lowest BCUT2D eigenvalue weighted by Crippen LogP contribution is -2.02. The quantitative estimate of drug-likeness (QED) is 0.911. The highest BCUT2D eigenvalue weighted by molar-refractivity contribution is 7.10. The van der Waals surface area contributed by atoms with Gasteiger partial charge < -0.3 is 10.1 Å². The Morgan fingerprint density at radius 1 is 1.32 bits per heavy atom. The second kappa shape index (κ2) is 5.57. The number of hydrogen-bond acceptors (Lipinski definition) is 5. The van der Waals surface area contributed by atoms with E-state index in [1.807, 2.05) is 0 Å². The van der Waals surface area contributed by atoms with Crippen LogP contribution >= 0.6 is 11.5 Å². The van der Waals surface area contributed by atoms with E-state index >= 15 is 0 Å². The molecule has 0 bridgehead atoms. The smallest absolute Gasteiger partial charge is 0.136 e. The fourth-order valence-corrected chi connectivity index (χ4v) is 3.02. The van der Waals surface area contributed by atoms with Crippen LogP contribution in [0.3, 0.4) is 0 Å². The number of nitrogens with one attached hydrogen (secondary N) is 1. The SMILES string of the molecule is CCNc1snnc1COc1ccc2c(c1)CCC2. The molecule has 0 spiro atoms. The molecule has 1 heterocycles. The first kappa shape index (κ1) is 12.4. The van der Waals surface area contributed by atoms with E-state index in [0.29, 0.717) is 6.61 Å². The van der Waals surface area contributed by atoms with Crippen LogP contribution < -0.4 is 10.1 Å². The molecule has 1 aliphatic carbocycles. The van der Waals surface area contributed by atoms with Gasteiger partial charge in [-0.3, -0.25) is 0 Å². The van der Waals surface area contributed by atoms with Crippen LogP contribution in [0.25, 0.3) is 0 Å². The maximum atomic E-state index is 5.83. The van der Waals surface area contributed by atoms with E-state index in [1.54, 1.807) is 0 Å². The molecule has 0 saturated heterocycles. The number of ether oxygens (including phenoxy) is 1. The number of hydrogen-bond donors (Lipinski definition) is 1. The zero-order valence-electron chi connectivity index (χ0n) is 11.0. The van der Waals surface area contributed by atoms with Crippen LogP contribution in [0.1, 0.15) is 30.2 Å². The number of nitrogens with zero attached hydrogens (tertiary/aromatic N) is 2. The van der Waals surface area contributed by atoms with Gasteiger partial charge in [0.05, 0.1) is 0 Å². The Kier molecular flexibility index (Phi) is 3.64. The van der Waals surface area contributed by atoms with Crippen molar-refractivity contribution in [1.82, 2.24) is 9.59 Å². The van der Waals surface area contributed by atoms with E-state index in [2.05, 4.69) is 40.0 Å². The molecule has 0 atom stereocenters. The summed E-state index contributed by atoms with van der Waals surface area (Å²) >= 11 is 1.38. The van der Waals surface area contributed by atoms with Gasteiger partial charge in [0.2, 0.25) is 0 Å². The monoisotopic (exact) mass is 275 g/mol. The van der Waals surface area contributed by atoms with Crippen LogP contribution in [0.4, 0.5) is 5.00 Å². The third kappa shape index (κ3) is 2.71. The van der Waals surface area contributed by atoms with E-state index in [-0.39, 0.29) is 0 Å². The average molecular weight is 275 g/mol. The molecule has 1 aromatic carbocycles. The van der Waals surface area contributed by atoms with Gasteiger partial charge in [0.25, 0.3) is 0 Å². The molecule has 0 fully saturated rings. The number of aromatic nitrogens is 2. The fraction of sp³-hybridized carbons (Fsp3) is 0.429. The molecule has 0 saturated carbocycles. The summed E-state index contributed by atoms with van der Waals surface area (Å²) in [6.07, 6.45) is 3.64. The molecule has 1 aliphatic rings. The van der Waals surface area contributed by atoms with Crippen molar-refractivity contribution in [1.29, 1.82) is 0 Å². The Hall–Kier alpha value is -1.62. The van der Waals surface area contributed by atoms with Gasteiger partial charge >= 0.3 is 0 Å². The third-order valence-electron chi connectivity index (χ3n) is 3.34. The molecule has 0 radical (unpaired) electrons. The van der Waals surface area contributed by atoms with Crippen LogP contribution in [0.5, 0.6) is 5.75 Å². The minimum absolute atomic E-state index is 0.470. The Bertz CT molecular complexity index is 568. The van der Waals surface area contributed by atoms with Gasteiger partial charge in [-0.05, 0) is 49.4 Å². The summed E-state index contributed by atoms with van der Waals surface area (Å²) in [6, 6.07) is 6.40. The summed E-state index contributed by atoms with van der Waals surface area (Å²) in [5.41, 5.74) is 3.78. The Labute approximate surface area is 117 Å². The van der Waals surface area contributed by atoms with E-state index in [0.717, 1.165) is 23.0 Å². The molecule has 3 rings (SSSR count). The van der Waals surface area contributed by atoms with Crippen molar-refractivity contribution in [3.63, 3.8) is 0 Å². The number of anilines is 1. The van der Waals surface area contributed by atoms with Crippen molar-refractivity contribution in [2.24, 2.45) is 0 Å². The maximum absolute atomic E-state index is 5.83. The minimum Gasteiger partial charge on any atom is -0.487 e. The van der Waals surface area contributed by atoms with Gasteiger partial charge in [0.15, 0.2) is 0 Å². The fourth-order valence-electron chi connectivity index (χ4n) is 2.39. The average Bonchev–Trinajstić information content (AvgIpc) is 3.05. The molecular weight excluding hydrogens is 258 g/mol. The summed E-state index contributed by atoms with van der Waals surface area (Å²) in [5, 5.41) is 8.35. The maximum Gasteiger partial charge on any atom is 0.136 e. The number of rotatable bonds is 5. The standard InChI is InChI=1S/C14H17N3OS/c1-2-15-14-13(16-17-19-14)9-18-12-7-6-10-4-3-5-11(10)8-12/h6-8,15H,2-5,9H2,1H3. The van der Waals surface area contributed by atoms with Crippen LogP contribution in [-0.2, 0) is 19.4 Å². The van der Waals surface area contributed by atoms with Crippen molar-refractivity contribution in [3.05, 3.63) is 35.0 Å². The van der Waals surface area contributed by atoms with Crippen molar-refractivity contribution in [2.75, 3.05) is 11.9 Å². The predicted molar refractivity (Wildman–Crippen MR) is 76.9 cm³/mol. The number of aryl methyl sites for hydroxylation is 2. The Balaban J connectivity index is 1.67. The summed E-state index contributed by atoms with van der Waals surface area (Å²) in [4.78, 5) is 0. The molecule has 0 unspecified atom stereocenters. The van der Waals surface area contributed by atoms with Gasteiger partial charge in [-0.1, -0.05) is 10.6 Å². The van der Waals surface area contributed by atoms with Crippen molar-refractivity contribution in [3.8, 4) is 5.75 Å². The normalized spacial score (nSPS) is 13.3. The van der Waals surface area contributed by atoms with Gasteiger partial charge in [0.1, 0.15) is 23.1 Å². The zero-order valence-corrected chi connectivity index (χ0v) is 11.8. The van der Waals surface area contributed by atoms with Crippen molar-refractivity contribution >= 4 is 16.5 Å². The molecule has 1 N–H and O–H groups in total. The summed E-state index contributed by atoms with van der Waals surface area (Å²) in [5.74, 6) is 0.927. The Morgan fingerprint density at radius 2 is 2.21 bits per heavy atom. The van der Waals surface area contributed by atoms with E-state index in [4.69, 9.17) is 4.74 Å². The van der Waals surface area contributed by atoms with Gasteiger partial charge in [-0.15, -0.1) is 5.10 Å². The first-order valence-corrected chi connectivity index (χ1v) is 7.44. The summed E-state index contributed by atoms with van der Waals surface area (Å²) < 4.78 is 9.79. The zero-order chi connectivity index (χ0) is 13.1. The minimum atomic E-state index is 0.470. The topological polar surface area (TPSA) is 47.0 Å². The molecule has 100 valence electrons. The Morgan fingerprint density at radius 3 is 3.11 bits per heavy atom. The molecule has 2 aromatic rings. The van der Waals surface area contributed by atoms with Crippen molar-refractivity contribution in [2.45, 2.75) is 32.8 Å². The lowest BCUT2D eigenvalue weighted by molar-refractivity contribution is 0.301. The van der Waals surface area contributed by atoms with E-state index in [9.17, 15) is 0 Å². The van der Waals surface area contributed by atoms with Crippen LogP contribution in [0.2, 0.25) is 0 Å². The molecule has 5 heteroatoms. The number of fused-ring (bicyclic) bond motifs is 1. The highest BCUT2D eigenvalue weighted by Gasteiger charge is 2.12. The third-order valence-corrected chi connectivity index (χ3v) is 4.06. The van der Waals surface area contributed by atoms with Crippen LogP contribution in [-0.4, -0.2) is 16.1 Å².